The molecule has 6 nitrogen and oxygen atoms in total. The Kier molecular flexibility index (Phi) is 5.04. The molecule has 0 saturated heterocycles. The van der Waals surface area contributed by atoms with Crippen molar-refractivity contribution in [2.45, 2.75) is 6.92 Å². The summed E-state index contributed by atoms with van der Waals surface area (Å²) in [6.45, 7) is 1.85. The van der Waals surface area contributed by atoms with Crippen LogP contribution in [0.5, 0.6) is 5.75 Å². The Balaban J connectivity index is 1.92. The molecule has 7 heteroatoms. The summed E-state index contributed by atoms with van der Waals surface area (Å²) >= 11 is 5.97. The zero-order valence-electron chi connectivity index (χ0n) is 14.2. The summed E-state index contributed by atoms with van der Waals surface area (Å²) < 4.78 is 5.11. The maximum absolute atomic E-state index is 12.5. The monoisotopic (exact) mass is 369 g/mol. The van der Waals surface area contributed by atoms with Crippen LogP contribution in [0.2, 0.25) is 5.02 Å². The second kappa shape index (κ2) is 7.41. The molecule has 0 unspecified atom stereocenters. The van der Waals surface area contributed by atoms with Crippen molar-refractivity contribution in [2.75, 3.05) is 12.4 Å². The number of methoxy groups -OCH3 is 1. The van der Waals surface area contributed by atoms with Crippen LogP contribution in [0.3, 0.4) is 0 Å². The second-order valence-electron chi connectivity index (χ2n) is 5.63. The number of hydrogen-bond donors (Lipinski definition) is 2. The lowest BCUT2D eigenvalue weighted by atomic mass is 10.1. The third-order valence-corrected chi connectivity index (χ3v) is 4.06. The van der Waals surface area contributed by atoms with Crippen LogP contribution in [-0.2, 0) is 0 Å². The van der Waals surface area contributed by atoms with Gasteiger partial charge in [0, 0.05) is 16.3 Å². The number of aryl methyl sites for hydroxylation is 1. The molecule has 3 rings (SSSR count). The Hall–Kier alpha value is -3.12. The van der Waals surface area contributed by atoms with E-state index in [4.69, 9.17) is 16.3 Å². The van der Waals surface area contributed by atoms with E-state index in [2.05, 4.69) is 15.3 Å². The molecular formula is C19H16ClN3O3. The molecule has 1 heterocycles. The van der Waals surface area contributed by atoms with Crippen LogP contribution in [0.15, 0.2) is 53.3 Å². The normalized spacial score (nSPS) is 10.4. The average Bonchev–Trinajstić information content (AvgIpc) is 2.64. The molecule has 0 saturated carbocycles. The molecule has 0 aliphatic carbocycles. The minimum Gasteiger partial charge on any atom is -0.497 e. The fourth-order valence-corrected chi connectivity index (χ4v) is 2.58. The fourth-order valence-electron chi connectivity index (χ4n) is 2.41. The number of nitrogens with one attached hydrogen (secondary N) is 2. The fraction of sp³-hybridized carbons (Fsp3) is 0.105. The molecule has 2 N–H and O–H groups in total. The topological polar surface area (TPSA) is 84.1 Å². The predicted molar refractivity (Wildman–Crippen MR) is 101 cm³/mol. The van der Waals surface area contributed by atoms with Crippen molar-refractivity contribution in [1.82, 2.24) is 9.97 Å². The van der Waals surface area contributed by atoms with Crippen LogP contribution < -0.4 is 15.7 Å². The number of carbonyl (C=O) groups excluding carboxylic acids is 1. The van der Waals surface area contributed by atoms with E-state index in [0.29, 0.717) is 27.7 Å². The smallest absolute Gasteiger partial charge is 0.346 e. The van der Waals surface area contributed by atoms with E-state index in [-0.39, 0.29) is 5.69 Å². The number of carbonyl (C=O) groups is 1. The molecular weight excluding hydrogens is 354 g/mol. The molecule has 0 radical (unpaired) electrons. The summed E-state index contributed by atoms with van der Waals surface area (Å²) in [5.41, 5.74) is 2.02. The first kappa shape index (κ1) is 17.7. The summed E-state index contributed by atoms with van der Waals surface area (Å²) in [4.78, 5) is 30.8. The Labute approximate surface area is 154 Å². The van der Waals surface area contributed by atoms with Gasteiger partial charge in [0.2, 0.25) is 0 Å². The molecule has 1 amide bonds. The highest BCUT2D eigenvalue weighted by atomic mass is 35.5. The first-order valence-corrected chi connectivity index (χ1v) is 8.17. The van der Waals surface area contributed by atoms with Gasteiger partial charge in [-0.25, -0.2) is 4.79 Å². The van der Waals surface area contributed by atoms with Gasteiger partial charge in [0.05, 0.1) is 12.8 Å². The molecule has 26 heavy (non-hydrogen) atoms. The van der Waals surface area contributed by atoms with E-state index in [1.54, 1.807) is 49.6 Å². The van der Waals surface area contributed by atoms with Crippen molar-refractivity contribution in [3.8, 4) is 17.0 Å². The maximum atomic E-state index is 12.5. The van der Waals surface area contributed by atoms with Gasteiger partial charge in [-0.1, -0.05) is 17.7 Å². The van der Waals surface area contributed by atoms with Crippen LogP contribution in [-0.4, -0.2) is 23.0 Å². The number of rotatable bonds is 4. The summed E-state index contributed by atoms with van der Waals surface area (Å²) in [5, 5.41) is 3.26. The Morgan fingerprint density at radius 1 is 1.15 bits per heavy atom. The first-order valence-electron chi connectivity index (χ1n) is 7.79. The van der Waals surface area contributed by atoms with Gasteiger partial charge in [0.15, 0.2) is 0 Å². The number of H-pyrrole nitrogens is 1. The summed E-state index contributed by atoms with van der Waals surface area (Å²) in [6, 6.07) is 13.8. The van der Waals surface area contributed by atoms with Gasteiger partial charge in [-0.3, -0.25) is 4.79 Å². The number of benzene rings is 2. The summed E-state index contributed by atoms with van der Waals surface area (Å²) in [5.74, 6) is 0.234. The molecule has 0 aliphatic heterocycles. The highest BCUT2D eigenvalue weighted by molar-refractivity contribution is 6.31. The minimum atomic E-state index is -0.605. The van der Waals surface area contributed by atoms with Crippen molar-refractivity contribution >= 4 is 23.2 Å². The number of aromatic nitrogens is 2. The van der Waals surface area contributed by atoms with Gasteiger partial charge >= 0.3 is 5.69 Å². The highest BCUT2D eigenvalue weighted by Gasteiger charge is 2.12. The van der Waals surface area contributed by atoms with E-state index in [1.165, 1.54) is 6.07 Å². The van der Waals surface area contributed by atoms with E-state index in [0.717, 1.165) is 5.56 Å². The quantitative estimate of drug-likeness (QED) is 0.735. The van der Waals surface area contributed by atoms with Gasteiger partial charge in [-0.05, 0) is 55.0 Å². The standard InChI is InChI=1S/C19H16ClN3O3/c1-11-3-6-13(20)9-15(11)21-18(24)17-10-16(22-19(25)23-17)12-4-7-14(26-2)8-5-12/h3-10H,1-2H3,(H,21,24)(H,22,23,25). The van der Waals surface area contributed by atoms with Crippen molar-refractivity contribution in [2.24, 2.45) is 0 Å². The zero-order valence-corrected chi connectivity index (χ0v) is 14.9. The molecule has 1 aromatic heterocycles. The number of ether oxygens (including phenoxy) is 1. The number of nitrogens with zero attached hydrogens (tertiary/aromatic N) is 1. The SMILES string of the molecule is COc1ccc(-c2cc(C(=O)Nc3cc(Cl)ccc3C)[nH]c(=O)n2)cc1. The number of amides is 1. The Bertz CT molecular complexity index is 1010. The van der Waals surface area contributed by atoms with Crippen LogP contribution in [0.25, 0.3) is 11.3 Å². The van der Waals surface area contributed by atoms with Crippen LogP contribution in [0.1, 0.15) is 16.1 Å². The van der Waals surface area contributed by atoms with Gasteiger partial charge in [0.1, 0.15) is 11.4 Å². The lowest BCUT2D eigenvalue weighted by Gasteiger charge is -2.09. The Morgan fingerprint density at radius 3 is 2.58 bits per heavy atom. The summed E-state index contributed by atoms with van der Waals surface area (Å²) in [7, 11) is 1.57. The number of aromatic amines is 1. The van der Waals surface area contributed by atoms with Crippen LogP contribution >= 0.6 is 11.6 Å². The van der Waals surface area contributed by atoms with Crippen molar-refractivity contribution < 1.29 is 9.53 Å². The molecule has 0 spiro atoms. The molecule has 0 aliphatic rings. The van der Waals surface area contributed by atoms with E-state index < -0.39 is 11.6 Å². The molecule has 2 aromatic carbocycles. The van der Waals surface area contributed by atoms with E-state index in [9.17, 15) is 9.59 Å². The predicted octanol–water partition coefficient (Wildman–Crippen LogP) is 3.66. The highest BCUT2D eigenvalue weighted by Crippen LogP contribution is 2.22. The first-order chi connectivity index (χ1) is 12.5. The van der Waals surface area contributed by atoms with Gasteiger partial charge in [-0.2, -0.15) is 4.98 Å². The second-order valence-corrected chi connectivity index (χ2v) is 6.06. The van der Waals surface area contributed by atoms with Crippen LogP contribution in [0, 0.1) is 6.92 Å². The minimum absolute atomic E-state index is 0.107. The third kappa shape index (κ3) is 3.92. The number of halogens is 1. The Morgan fingerprint density at radius 2 is 1.88 bits per heavy atom. The lowest BCUT2D eigenvalue weighted by molar-refractivity contribution is 0.102. The van der Waals surface area contributed by atoms with Gasteiger partial charge in [0.25, 0.3) is 5.91 Å². The lowest BCUT2D eigenvalue weighted by Crippen LogP contribution is -2.21. The summed E-state index contributed by atoms with van der Waals surface area (Å²) in [6.07, 6.45) is 0. The number of hydrogen-bond acceptors (Lipinski definition) is 4. The molecule has 3 aromatic rings. The van der Waals surface area contributed by atoms with Crippen molar-refractivity contribution in [3.63, 3.8) is 0 Å². The largest absolute Gasteiger partial charge is 0.497 e. The van der Waals surface area contributed by atoms with Crippen molar-refractivity contribution in [1.29, 1.82) is 0 Å². The van der Waals surface area contributed by atoms with E-state index in [1.807, 2.05) is 6.92 Å². The van der Waals surface area contributed by atoms with Crippen molar-refractivity contribution in [3.05, 3.63) is 75.3 Å². The molecule has 0 bridgehead atoms. The number of anilines is 1. The van der Waals surface area contributed by atoms with E-state index >= 15 is 0 Å². The zero-order chi connectivity index (χ0) is 18.7. The third-order valence-electron chi connectivity index (χ3n) is 3.82. The molecule has 132 valence electrons. The van der Waals surface area contributed by atoms with Gasteiger partial charge < -0.3 is 15.0 Å². The molecule has 0 fully saturated rings. The van der Waals surface area contributed by atoms with Gasteiger partial charge in [-0.15, -0.1) is 0 Å². The van der Waals surface area contributed by atoms with Crippen LogP contribution in [0.4, 0.5) is 5.69 Å². The maximum Gasteiger partial charge on any atom is 0.346 e. The molecule has 0 atom stereocenters. The average molecular weight is 370 g/mol.